The van der Waals surface area contributed by atoms with Crippen molar-refractivity contribution in [2.75, 3.05) is 11.1 Å². The summed E-state index contributed by atoms with van der Waals surface area (Å²) in [5, 5.41) is 3.47. The first-order valence-electron chi connectivity index (χ1n) is 10.2. The maximum absolute atomic E-state index is 5.76. The lowest BCUT2D eigenvalue weighted by molar-refractivity contribution is 0.873. The molecule has 0 aliphatic carbocycles. The minimum atomic E-state index is 0.326. The average Bonchev–Trinajstić information content (AvgIpc) is 2.92. The van der Waals surface area contributed by atoms with E-state index >= 15 is 0 Å². The standard InChI is InChI=1S/C14H14N2.C12H12N2/c1-10-13-7-3-2-5-11(13)9-12-6-4-8-15-14(12)16-10;13-12-11(7-4-8-14-12)9-10-5-2-1-3-6-10/h2-8,10H,9H2,1H3,(H,15,16);1-8H,9H2,(H2,13,14)/t10-;/m1./s1. The molecule has 1 aliphatic rings. The van der Waals surface area contributed by atoms with E-state index in [1.807, 2.05) is 42.6 Å². The summed E-state index contributed by atoms with van der Waals surface area (Å²) in [6, 6.07) is 27.2. The van der Waals surface area contributed by atoms with Crippen molar-refractivity contribution in [2.24, 2.45) is 0 Å². The SMILES string of the molecule is C[C@H]1Nc2ncccc2Cc2ccccc21.Nc1ncccc1Cc1ccccc1. The minimum Gasteiger partial charge on any atom is -0.383 e. The predicted octanol–water partition coefficient (Wildman–Crippen LogP) is 5.41. The van der Waals surface area contributed by atoms with Crippen molar-refractivity contribution in [3.05, 3.63) is 119 Å². The fraction of sp³-hybridized carbons (Fsp3) is 0.154. The summed E-state index contributed by atoms with van der Waals surface area (Å²) in [6.07, 6.45) is 5.37. The molecule has 0 bridgehead atoms. The van der Waals surface area contributed by atoms with Crippen LogP contribution in [0.15, 0.2) is 91.3 Å². The normalized spacial score (nSPS) is 14.2. The molecule has 4 aromatic rings. The highest BCUT2D eigenvalue weighted by Crippen LogP contribution is 2.30. The lowest BCUT2D eigenvalue weighted by atomic mass is 9.98. The third-order valence-electron chi connectivity index (χ3n) is 5.31. The van der Waals surface area contributed by atoms with E-state index in [9.17, 15) is 0 Å². The minimum absolute atomic E-state index is 0.326. The van der Waals surface area contributed by atoms with E-state index in [4.69, 9.17) is 5.73 Å². The highest BCUT2D eigenvalue weighted by molar-refractivity contribution is 5.52. The number of nitrogen functional groups attached to an aromatic ring is 1. The molecule has 0 spiro atoms. The van der Waals surface area contributed by atoms with Gasteiger partial charge in [0.15, 0.2) is 0 Å². The largest absolute Gasteiger partial charge is 0.383 e. The molecule has 0 unspecified atom stereocenters. The van der Waals surface area contributed by atoms with Gasteiger partial charge < -0.3 is 11.1 Å². The molecular weight excluding hydrogens is 368 g/mol. The van der Waals surface area contributed by atoms with Crippen LogP contribution in [0, 0.1) is 0 Å². The van der Waals surface area contributed by atoms with Gasteiger partial charge in [0, 0.05) is 25.2 Å². The molecule has 0 saturated heterocycles. The molecule has 0 radical (unpaired) electrons. The summed E-state index contributed by atoms with van der Waals surface area (Å²) in [4.78, 5) is 8.45. The van der Waals surface area contributed by atoms with Crippen LogP contribution in [0.2, 0.25) is 0 Å². The number of anilines is 2. The molecule has 30 heavy (non-hydrogen) atoms. The maximum atomic E-state index is 5.76. The number of benzene rings is 2. The Morgan fingerprint density at radius 1 is 0.833 bits per heavy atom. The molecule has 2 aromatic heterocycles. The van der Waals surface area contributed by atoms with Gasteiger partial charge in [-0.25, -0.2) is 9.97 Å². The van der Waals surface area contributed by atoms with E-state index in [1.54, 1.807) is 6.20 Å². The predicted molar refractivity (Wildman–Crippen MR) is 123 cm³/mol. The second kappa shape index (κ2) is 9.23. The first-order valence-corrected chi connectivity index (χ1v) is 10.2. The van der Waals surface area contributed by atoms with E-state index in [-0.39, 0.29) is 0 Å². The van der Waals surface area contributed by atoms with Crippen molar-refractivity contribution >= 4 is 11.6 Å². The molecule has 0 amide bonds. The second-order valence-corrected chi connectivity index (χ2v) is 7.46. The van der Waals surface area contributed by atoms with Gasteiger partial charge in [-0.3, -0.25) is 0 Å². The maximum Gasteiger partial charge on any atom is 0.129 e. The van der Waals surface area contributed by atoms with E-state index in [2.05, 4.69) is 64.7 Å². The molecule has 4 nitrogen and oxygen atoms in total. The molecule has 1 aliphatic heterocycles. The summed E-state index contributed by atoms with van der Waals surface area (Å²) in [5.74, 6) is 1.64. The van der Waals surface area contributed by atoms with Gasteiger partial charge in [0.1, 0.15) is 11.6 Å². The van der Waals surface area contributed by atoms with Crippen LogP contribution in [-0.4, -0.2) is 9.97 Å². The van der Waals surface area contributed by atoms with Crippen LogP contribution in [-0.2, 0) is 12.8 Å². The fourth-order valence-electron chi connectivity index (χ4n) is 3.73. The molecule has 1 atom stereocenters. The van der Waals surface area contributed by atoms with Gasteiger partial charge >= 0.3 is 0 Å². The Hall–Kier alpha value is -3.66. The first kappa shape index (κ1) is 19.6. The van der Waals surface area contributed by atoms with Crippen molar-refractivity contribution < 1.29 is 0 Å². The summed E-state index contributed by atoms with van der Waals surface area (Å²) < 4.78 is 0. The number of nitrogens with zero attached hydrogens (tertiary/aromatic N) is 2. The quantitative estimate of drug-likeness (QED) is 0.477. The summed E-state index contributed by atoms with van der Waals surface area (Å²) in [5.41, 5.74) is 12.1. The van der Waals surface area contributed by atoms with Crippen molar-refractivity contribution in [1.82, 2.24) is 9.97 Å². The van der Waals surface area contributed by atoms with E-state index in [0.29, 0.717) is 11.9 Å². The smallest absolute Gasteiger partial charge is 0.129 e. The monoisotopic (exact) mass is 394 g/mol. The van der Waals surface area contributed by atoms with Crippen molar-refractivity contribution in [3.8, 4) is 0 Å². The number of nitrogens with one attached hydrogen (secondary N) is 1. The Morgan fingerprint density at radius 2 is 1.53 bits per heavy atom. The third kappa shape index (κ3) is 4.66. The van der Waals surface area contributed by atoms with Gasteiger partial charge in [0.2, 0.25) is 0 Å². The highest BCUT2D eigenvalue weighted by atomic mass is 15.0. The molecule has 3 heterocycles. The Bertz CT molecular complexity index is 1110. The molecule has 5 rings (SSSR count). The van der Waals surface area contributed by atoms with Gasteiger partial charge in [-0.2, -0.15) is 0 Å². The molecule has 150 valence electrons. The van der Waals surface area contributed by atoms with Crippen molar-refractivity contribution in [1.29, 1.82) is 0 Å². The number of aromatic nitrogens is 2. The van der Waals surface area contributed by atoms with Crippen molar-refractivity contribution in [3.63, 3.8) is 0 Å². The molecule has 3 N–H and O–H groups in total. The summed E-state index contributed by atoms with van der Waals surface area (Å²) in [6.45, 7) is 2.18. The fourth-order valence-corrected chi connectivity index (χ4v) is 3.73. The van der Waals surface area contributed by atoms with Crippen LogP contribution in [0.5, 0.6) is 0 Å². The average molecular weight is 395 g/mol. The second-order valence-electron chi connectivity index (χ2n) is 7.46. The van der Waals surface area contributed by atoms with Gasteiger partial charge in [-0.05, 0) is 46.9 Å². The zero-order valence-electron chi connectivity index (χ0n) is 17.1. The van der Waals surface area contributed by atoms with E-state index < -0.39 is 0 Å². The molecular formula is C26H26N4. The zero-order valence-corrected chi connectivity index (χ0v) is 17.1. The number of rotatable bonds is 2. The number of nitrogens with two attached hydrogens (primary N) is 1. The van der Waals surface area contributed by atoms with Gasteiger partial charge in [-0.1, -0.05) is 66.7 Å². The van der Waals surface area contributed by atoms with Crippen LogP contribution < -0.4 is 11.1 Å². The first-order chi connectivity index (χ1) is 14.7. The van der Waals surface area contributed by atoms with Crippen LogP contribution in [0.25, 0.3) is 0 Å². The lowest BCUT2D eigenvalue weighted by Crippen LogP contribution is -2.07. The highest BCUT2D eigenvalue weighted by Gasteiger charge is 2.17. The summed E-state index contributed by atoms with van der Waals surface area (Å²) in [7, 11) is 0. The van der Waals surface area contributed by atoms with Gasteiger partial charge in [0.25, 0.3) is 0 Å². The molecule has 2 aromatic carbocycles. The Kier molecular flexibility index (Phi) is 6.04. The van der Waals surface area contributed by atoms with Crippen LogP contribution in [0.3, 0.4) is 0 Å². The van der Waals surface area contributed by atoms with E-state index in [0.717, 1.165) is 24.2 Å². The zero-order chi connectivity index (χ0) is 20.8. The van der Waals surface area contributed by atoms with Gasteiger partial charge in [0.05, 0.1) is 6.04 Å². The number of fused-ring (bicyclic) bond motifs is 2. The lowest BCUT2D eigenvalue weighted by Gasteiger charge is -2.14. The van der Waals surface area contributed by atoms with Crippen LogP contribution in [0.1, 0.15) is 40.8 Å². The van der Waals surface area contributed by atoms with Crippen molar-refractivity contribution in [2.45, 2.75) is 25.8 Å². The van der Waals surface area contributed by atoms with E-state index in [1.165, 1.54) is 22.3 Å². The third-order valence-corrected chi connectivity index (χ3v) is 5.31. The molecule has 0 saturated carbocycles. The van der Waals surface area contributed by atoms with Gasteiger partial charge in [-0.15, -0.1) is 0 Å². The Morgan fingerprint density at radius 3 is 2.37 bits per heavy atom. The topological polar surface area (TPSA) is 63.8 Å². The Labute approximate surface area is 177 Å². The molecule has 4 heteroatoms. The number of hydrogen-bond acceptors (Lipinski definition) is 4. The van der Waals surface area contributed by atoms with Crippen LogP contribution in [0.4, 0.5) is 11.6 Å². The number of pyridine rings is 2. The Balaban J connectivity index is 0.000000147. The summed E-state index contributed by atoms with van der Waals surface area (Å²) >= 11 is 0. The van der Waals surface area contributed by atoms with Crippen LogP contribution >= 0.6 is 0 Å². The molecule has 0 fully saturated rings. The number of hydrogen-bond donors (Lipinski definition) is 2.